The Morgan fingerprint density at radius 3 is 2.53 bits per heavy atom. The normalized spacial score (nSPS) is 12.7. The van der Waals surface area contributed by atoms with E-state index in [4.69, 9.17) is 0 Å². The second-order valence-electron chi connectivity index (χ2n) is 5.28. The lowest BCUT2D eigenvalue weighted by molar-refractivity contribution is 0.468. The number of benzene rings is 2. The highest BCUT2D eigenvalue weighted by Crippen LogP contribution is 2.17. The van der Waals surface area contributed by atoms with Crippen LogP contribution in [0.15, 0.2) is 42.5 Å². The average molecular weight is 255 g/mol. The van der Waals surface area contributed by atoms with Crippen molar-refractivity contribution in [1.82, 2.24) is 5.32 Å². The van der Waals surface area contributed by atoms with Gasteiger partial charge in [0.05, 0.1) is 0 Å². The van der Waals surface area contributed by atoms with Gasteiger partial charge < -0.3 is 5.32 Å². The number of rotatable bonds is 7. The van der Waals surface area contributed by atoms with Gasteiger partial charge in [-0.25, -0.2) is 0 Å². The lowest BCUT2D eigenvalue weighted by atomic mass is 10.0. The Kier molecular flexibility index (Phi) is 5.41. The first-order valence-corrected chi connectivity index (χ1v) is 7.54. The summed E-state index contributed by atoms with van der Waals surface area (Å²) < 4.78 is 0. The second-order valence-corrected chi connectivity index (χ2v) is 5.28. The maximum Gasteiger partial charge on any atom is 0.00676 e. The summed E-state index contributed by atoms with van der Waals surface area (Å²) in [5.41, 5.74) is 1.45. The largest absolute Gasteiger partial charge is 0.314 e. The van der Waals surface area contributed by atoms with Crippen molar-refractivity contribution in [3.05, 3.63) is 48.0 Å². The molecule has 0 aliphatic carbocycles. The Morgan fingerprint density at radius 2 is 1.79 bits per heavy atom. The van der Waals surface area contributed by atoms with Crippen LogP contribution in [-0.4, -0.2) is 12.6 Å². The van der Waals surface area contributed by atoms with E-state index in [0.29, 0.717) is 6.04 Å². The molecule has 0 saturated carbocycles. The van der Waals surface area contributed by atoms with Gasteiger partial charge in [0.1, 0.15) is 0 Å². The van der Waals surface area contributed by atoms with E-state index < -0.39 is 0 Å². The summed E-state index contributed by atoms with van der Waals surface area (Å²) in [4.78, 5) is 0. The Hall–Kier alpha value is -1.34. The molecular formula is C18H25N. The van der Waals surface area contributed by atoms with Crippen LogP contribution in [0.25, 0.3) is 10.8 Å². The van der Waals surface area contributed by atoms with E-state index in [1.807, 2.05) is 0 Å². The van der Waals surface area contributed by atoms with E-state index in [-0.39, 0.29) is 0 Å². The molecule has 0 spiro atoms. The molecule has 0 heterocycles. The topological polar surface area (TPSA) is 12.0 Å². The molecule has 1 heteroatoms. The maximum atomic E-state index is 3.63. The Bertz CT molecular complexity index is 504. The van der Waals surface area contributed by atoms with Gasteiger partial charge >= 0.3 is 0 Å². The van der Waals surface area contributed by atoms with Crippen molar-refractivity contribution < 1.29 is 0 Å². The van der Waals surface area contributed by atoms with Gasteiger partial charge in [0.25, 0.3) is 0 Å². The van der Waals surface area contributed by atoms with Gasteiger partial charge in [0.2, 0.25) is 0 Å². The molecule has 0 aromatic heterocycles. The number of nitrogens with one attached hydrogen (secondary N) is 1. The standard InChI is InChI=1S/C18H25N/c1-3-13-19-18(4-2)12-10-15-9-11-16-7-5-6-8-17(16)14-15/h5-9,11,14,18-19H,3-4,10,12-13H2,1-2H3. The molecule has 1 N–H and O–H groups in total. The fourth-order valence-corrected chi connectivity index (χ4v) is 2.53. The zero-order valence-corrected chi connectivity index (χ0v) is 12.2. The van der Waals surface area contributed by atoms with E-state index in [0.717, 1.165) is 6.54 Å². The number of hydrogen-bond acceptors (Lipinski definition) is 1. The van der Waals surface area contributed by atoms with Crippen molar-refractivity contribution in [2.24, 2.45) is 0 Å². The Morgan fingerprint density at radius 1 is 1.00 bits per heavy atom. The molecule has 0 saturated heterocycles. The molecule has 102 valence electrons. The highest BCUT2D eigenvalue weighted by molar-refractivity contribution is 5.82. The monoisotopic (exact) mass is 255 g/mol. The first kappa shape index (κ1) is 14.1. The lowest BCUT2D eigenvalue weighted by Gasteiger charge is -2.16. The minimum absolute atomic E-state index is 0.659. The minimum atomic E-state index is 0.659. The SMILES string of the molecule is CCCNC(CC)CCc1ccc2ccccc2c1. The van der Waals surface area contributed by atoms with Gasteiger partial charge in [-0.15, -0.1) is 0 Å². The van der Waals surface area contributed by atoms with Crippen molar-refractivity contribution in [1.29, 1.82) is 0 Å². The molecule has 2 aromatic rings. The van der Waals surface area contributed by atoms with E-state index in [1.165, 1.54) is 42.0 Å². The quantitative estimate of drug-likeness (QED) is 0.765. The van der Waals surface area contributed by atoms with Crippen molar-refractivity contribution in [3.8, 4) is 0 Å². The molecule has 0 amide bonds. The summed E-state index contributed by atoms with van der Waals surface area (Å²) in [5, 5.41) is 6.32. The predicted molar refractivity (Wildman–Crippen MR) is 84.6 cm³/mol. The van der Waals surface area contributed by atoms with Crippen LogP contribution in [0.1, 0.15) is 38.7 Å². The van der Waals surface area contributed by atoms with Gasteiger partial charge in [-0.05, 0) is 48.6 Å². The molecular weight excluding hydrogens is 230 g/mol. The molecule has 19 heavy (non-hydrogen) atoms. The first-order chi connectivity index (χ1) is 9.33. The molecule has 2 rings (SSSR count). The van der Waals surface area contributed by atoms with Crippen LogP contribution in [0.2, 0.25) is 0 Å². The number of fused-ring (bicyclic) bond motifs is 1. The molecule has 0 radical (unpaired) electrons. The van der Waals surface area contributed by atoms with Crippen LogP contribution in [-0.2, 0) is 6.42 Å². The van der Waals surface area contributed by atoms with Crippen molar-refractivity contribution >= 4 is 10.8 Å². The molecule has 0 aliphatic rings. The number of aryl methyl sites for hydroxylation is 1. The van der Waals surface area contributed by atoms with E-state index >= 15 is 0 Å². The Labute approximate surface area is 117 Å². The Balaban J connectivity index is 1.96. The van der Waals surface area contributed by atoms with Gasteiger partial charge in [-0.1, -0.05) is 56.3 Å². The average Bonchev–Trinajstić information content (AvgIpc) is 2.47. The summed E-state index contributed by atoms with van der Waals surface area (Å²) in [6.07, 6.45) is 4.83. The number of hydrogen-bond donors (Lipinski definition) is 1. The summed E-state index contributed by atoms with van der Waals surface area (Å²) in [7, 11) is 0. The maximum absolute atomic E-state index is 3.63. The highest BCUT2D eigenvalue weighted by Gasteiger charge is 2.05. The fourth-order valence-electron chi connectivity index (χ4n) is 2.53. The molecule has 1 atom stereocenters. The third kappa shape index (κ3) is 4.07. The van der Waals surface area contributed by atoms with Crippen LogP contribution < -0.4 is 5.32 Å². The van der Waals surface area contributed by atoms with Crippen LogP contribution in [0.3, 0.4) is 0 Å². The summed E-state index contributed by atoms with van der Waals surface area (Å²) in [6.45, 7) is 5.63. The first-order valence-electron chi connectivity index (χ1n) is 7.54. The molecule has 0 aliphatic heterocycles. The zero-order chi connectivity index (χ0) is 13.5. The third-order valence-electron chi connectivity index (χ3n) is 3.77. The van der Waals surface area contributed by atoms with Crippen LogP contribution in [0.5, 0.6) is 0 Å². The minimum Gasteiger partial charge on any atom is -0.314 e. The molecule has 0 bridgehead atoms. The molecule has 1 nitrogen and oxygen atoms in total. The third-order valence-corrected chi connectivity index (χ3v) is 3.77. The zero-order valence-electron chi connectivity index (χ0n) is 12.2. The van der Waals surface area contributed by atoms with Crippen LogP contribution in [0, 0.1) is 0 Å². The van der Waals surface area contributed by atoms with Crippen LogP contribution >= 0.6 is 0 Å². The van der Waals surface area contributed by atoms with Gasteiger partial charge in [-0.2, -0.15) is 0 Å². The van der Waals surface area contributed by atoms with Gasteiger partial charge in [0.15, 0.2) is 0 Å². The van der Waals surface area contributed by atoms with Gasteiger partial charge in [-0.3, -0.25) is 0 Å². The molecule has 0 fully saturated rings. The van der Waals surface area contributed by atoms with Crippen LogP contribution in [0.4, 0.5) is 0 Å². The molecule has 1 unspecified atom stereocenters. The summed E-state index contributed by atoms with van der Waals surface area (Å²) in [5.74, 6) is 0. The highest BCUT2D eigenvalue weighted by atomic mass is 14.9. The molecule has 2 aromatic carbocycles. The second kappa shape index (κ2) is 7.30. The fraction of sp³-hybridized carbons (Fsp3) is 0.444. The van der Waals surface area contributed by atoms with Crippen molar-refractivity contribution in [3.63, 3.8) is 0 Å². The van der Waals surface area contributed by atoms with Crippen molar-refractivity contribution in [2.75, 3.05) is 6.54 Å². The predicted octanol–water partition coefficient (Wildman–Crippen LogP) is 4.55. The lowest BCUT2D eigenvalue weighted by Crippen LogP contribution is -2.29. The van der Waals surface area contributed by atoms with E-state index in [1.54, 1.807) is 0 Å². The van der Waals surface area contributed by atoms with Crippen molar-refractivity contribution in [2.45, 2.75) is 45.6 Å². The van der Waals surface area contributed by atoms with E-state index in [9.17, 15) is 0 Å². The summed E-state index contributed by atoms with van der Waals surface area (Å²) >= 11 is 0. The summed E-state index contributed by atoms with van der Waals surface area (Å²) in [6, 6.07) is 16.1. The van der Waals surface area contributed by atoms with Gasteiger partial charge in [0, 0.05) is 6.04 Å². The smallest absolute Gasteiger partial charge is 0.00676 e. The van der Waals surface area contributed by atoms with E-state index in [2.05, 4.69) is 61.6 Å².